The Labute approximate surface area is 231 Å². The van der Waals surface area contributed by atoms with E-state index in [0.29, 0.717) is 24.9 Å². The van der Waals surface area contributed by atoms with Crippen molar-refractivity contribution in [3.05, 3.63) is 75.3 Å². The molecule has 0 bridgehead atoms. The Morgan fingerprint density at radius 1 is 1.07 bits per heavy atom. The minimum Gasteiger partial charge on any atom is -0.394 e. The molecule has 2 atom stereocenters. The predicted octanol–water partition coefficient (Wildman–Crippen LogP) is 4.32. The summed E-state index contributed by atoms with van der Waals surface area (Å²) in [6.45, 7) is -1.13. The van der Waals surface area contributed by atoms with Crippen molar-refractivity contribution >= 4 is 18.0 Å². The molecule has 226 valence electrons. The van der Waals surface area contributed by atoms with Crippen molar-refractivity contribution in [2.45, 2.75) is 31.0 Å². The Hall–Kier alpha value is -4.41. The fourth-order valence-corrected chi connectivity index (χ4v) is 3.79. The lowest BCUT2D eigenvalue weighted by Gasteiger charge is -2.23. The number of halogens is 8. The van der Waals surface area contributed by atoms with Crippen molar-refractivity contribution in [1.29, 1.82) is 0 Å². The molecule has 2 heterocycles. The molecular formula is C25H22F8N6O3. The zero-order valence-corrected chi connectivity index (χ0v) is 21.5. The molecule has 0 amide bonds. The molecule has 42 heavy (non-hydrogen) atoms. The number of nitrogens with one attached hydrogen (secondary N) is 2. The van der Waals surface area contributed by atoms with Gasteiger partial charge in [0.15, 0.2) is 12.1 Å². The van der Waals surface area contributed by atoms with E-state index >= 15 is 0 Å². The Kier molecular flexibility index (Phi) is 9.98. The lowest BCUT2D eigenvalue weighted by molar-refractivity contribution is -0.139. The van der Waals surface area contributed by atoms with Gasteiger partial charge >= 0.3 is 12.4 Å². The summed E-state index contributed by atoms with van der Waals surface area (Å²) in [6, 6.07) is 0.725. The fraction of sp³-hybridized carbons (Fsp3) is 0.320. The summed E-state index contributed by atoms with van der Waals surface area (Å²) in [5.41, 5.74) is -5.33. The summed E-state index contributed by atoms with van der Waals surface area (Å²) < 4.78 is 107. The van der Waals surface area contributed by atoms with E-state index in [9.17, 15) is 49.8 Å². The SMILES string of the molecule is CN(/C=C\c1cc(-c2ncc(C(F)(F)F)cn2)c(F)cc1C=O)CC(F)CC(CO)Nc1cn[nH]c(=O)c1C(F)(F)F. The summed E-state index contributed by atoms with van der Waals surface area (Å²) in [4.78, 5) is 31.4. The van der Waals surface area contributed by atoms with E-state index in [2.05, 4.69) is 20.4 Å². The summed E-state index contributed by atoms with van der Waals surface area (Å²) >= 11 is 0. The number of hydrogen-bond acceptors (Lipinski definition) is 8. The van der Waals surface area contributed by atoms with Gasteiger partial charge in [0, 0.05) is 38.0 Å². The Bertz CT molecular complexity index is 1470. The second-order valence-electron chi connectivity index (χ2n) is 8.97. The normalized spacial score (nSPS) is 13.7. The van der Waals surface area contributed by atoms with Gasteiger partial charge in [0.25, 0.3) is 5.56 Å². The number of anilines is 1. The van der Waals surface area contributed by atoms with Gasteiger partial charge in [-0.25, -0.2) is 23.8 Å². The molecule has 2 aromatic heterocycles. The number of carbonyl (C=O) groups excluding carboxylic acids is 1. The van der Waals surface area contributed by atoms with Crippen molar-refractivity contribution in [1.82, 2.24) is 25.1 Å². The van der Waals surface area contributed by atoms with Gasteiger partial charge in [-0.05, 0) is 30.0 Å². The van der Waals surface area contributed by atoms with Crippen molar-refractivity contribution in [3.63, 3.8) is 0 Å². The number of hydrogen-bond donors (Lipinski definition) is 3. The maximum absolute atomic E-state index is 14.8. The molecular weight excluding hydrogens is 584 g/mol. The van der Waals surface area contributed by atoms with Crippen LogP contribution in [0.1, 0.15) is 33.5 Å². The molecule has 3 aromatic rings. The average molecular weight is 606 g/mol. The highest BCUT2D eigenvalue weighted by atomic mass is 19.4. The molecule has 0 aliphatic heterocycles. The first-order chi connectivity index (χ1) is 19.6. The highest BCUT2D eigenvalue weighted by Gasteiger charge is 2.38. The second kappa shape index (κ2) is 13.1. The van der Waals surface area contributed by atoms with Crippen LogP contribution in [0.4, 0.5) is 40.8 Å². The van der Waals surface area contributed by atoms with Gasteiger partial charge in [-0.2, -0.15) is 31.4 Å². The van der Waals surface area contributed by atoms with Gasteiger partial charge in [0.05, 0.1) is 35.7 Å². The first-order valence-electron chi connectivity index (χ1n) is 11.9. The van der Waals surface area contributed by atoms with Crippen LogP contribution in [0.15, 0.2) is 41.7 Å². The number of aromatic amines is 1. The molecule has 3 rings (SSSR count). The highest BCUT2D eigenvalue weighted by molar-refractivity contribution is 5.84. The summed E-state index contributed by atoms with van der Waals surface area (Å²) in [7, 11) is 1.41. The van der Waals surface area contributed by atoms with E-state index in [1.54, 1.807) is 5.10 Å². The quantitative estimate of drug-likeness (QED) is 0.218. The van der Waals surface area contributed by atoms with E-state index in [1.807, 2.05) is 0 Å². The van der Waals surface area contributed by atoms with Gasteiger partial charge < -0.3 is 15.3 Å². The summed E-state index contributed by atoms with van der Waals surface area (Å²) in [5.74, 6) is -1.35. The van der Waals surface area contributed by atoms with Gasteiger partial charge in [-0.3, -0.25) is 9.59 Å². The van der Waals surface area contributed by atoms with Crippen LogP contribution < -0.4 is 10.9 Å². The number of aromatic nitrogens is 4. The first-order valence-corrected chi connectivity index (χ1v) is 11.9. The third kappa shape index (κ3) is 8.08. The lowest BCUT2D eigenvalue weighted by Crippen LogP contribution is -2.34. The Morgan fingerprint density at radius 3 is 2.31 bits per heavy atom. The van der Waals surface area contributed by atoms with Crippen LogP contribution in [0.5, 0.6) is 0 Å². The number of benzene rings is 1. The molecule has 0 fully saturated rings. The molecule has 0 aliphatic rings. The maximum Gasteiger partial charge on any atom is 0.423 e. The highest BCUT2D eigenvalue weighted by Crippen LogP contribution is 2.32. The van der Waals surface area contributed by atoms with Crippen LogP contribution in [-0.4, -0.2) is 68.9 Å². The van der Waals surface area contributed by atoms with Crippen molar-refractivity contribution in [3.8, 4) is 11.4 Å². The van der Waals surface area contributed by atoms with Crippen molar-refractivity contribution in [2.24, 2.45) is 0 Å². The molecule has 9 nitrogen and oxygen atoms in total. The lowest BCUT2D eigenvalue weighted by atomic mass is 10.0. The Morgan fingerprint density at radius 2 is 1.74 bits per heavy atom. The van der Waals surface area contributed by atoms with Crippen LogP contribution in [0.2, 0.25) is 0 Å². The average Bonchev–Trinajstić information content (AvgIpc) is 2.90. The fourth-order valence-electron chi connectivity index (χ4n) is 3.79. The van der Waals surface area contributed by atoms with E-state index < -0.39 is 65.8 Å². The van der Waals surface area contributed by atoms with Crippen LogP contribution in [0.25, 0.3) is 17.5 Å². The standard InChI is InChI=1S/C25H22F8N6O3/c1-39(10-16(26)6-17(12-41)37-20-9-36-38-23(42)21(20)25(31,32)33)3-2-13-4-18(19(27)5-14(13)11-40)22-34-7-15(8-35-22)24(28,29)30/h2-5,7-9,11,16-17,41H,6,10,12H2,1H3,(H2,37,38,42)/b3-2-. The number of H-pyrrole nitrogens is 1. The number of carbonyl (C=O) groups is 1. The third-order valence-electron chi connectivity index (χ3n) is 5.77. The monoisotopic (exact) mass is 606 g/mol. The molecule has 0 saturated carbocycles. The predicted molar refractivity (Wildman–Crippen MR) is 133 cm³/mol. The minimum atomic E-state index is -5.04. The summed E-state index contributed by atoms with van der Waals surface area (Å²) in [6.07, 6.45) is -7.39. The van der Waals surface area contributed by atoms with Crippen LogP contribution in [-0.2, 0) is 12.4 Å². The number of rotatable bonds is 11. The number of aldehydes is 1. The Balaban J connectivity index is 1.72. The zero-order valence-electron chi connectivity index (χ0n) is 21.5. The van der Waals surface area contributed by atoms with Gasteiger partial charge in [-0.15, -0.1) is 0 Å². The zero-order chi connectivity index (χ0) is 31.2. The molecule has 17 heteroatoms. The van der Waals surface area contributed by atoms with Gasteiger partial charge in [0.1, 0.15) is 17.6 Å². The molecule has 0 radical (unpaired) electrons. The van der Waals surface area contributed by atoms with E-state index in [4.69, 9.17) is 0 Å². The second-order valence-corrected chi connectivity index (χ2v) is 8.97. The summed E-state index contributed by atoms with van der Waals surface area (Å²) in [5, 5.41) is 16.8. The van der Waals surface area contributed by atoms with E-state index in [-0.39, 0.29) is 29.1 Å². The largest absolute Gasteiger partial charge is 0.423 e. The van der Waals surface area contributed by atoms with Gasteiger partial charge in [-0.1, -0.05) is 0 Å². The van der Waals surface area contributed by atoms with Crippen LogP contribution in [0, 0.1) is 5.82 Å². The topological polar surface area (TPSA) is 124 Å². The number of aliphatic hydroxyl groups is 1. The molecule has 1 aromatic carbocycles. The number of alkyl halides is 7. The van der Waals surface area contributed by atoms with Crippen molar-refractivity contribution < 1.29 is 45.0 Å². The van der Waals surface area contributed by atoms with Crippen LogP contribution in [0.3, 0.4) is 0 Å². The molecule has 2 unspecified atom stereocenters. The number of aliphatic hydroxyl groups excluding tert-OH is 1. The van der Waals surface area contributed by atoms with Crippen LogP contribution >= 0.6 is 0 Å². The third-order valence-corrected chi connectivity index (χ3v) is 5.77. The molecule has 0 saturated heterocycles. The minimum absolute atomic E-state index is 0.100. The molecule has 3 N–H and O–H groups in total. The molecule has 0 aliphatic carbocycles. The van der Waals surface area contributed by atoms with Crippen molar-refractivity contribution in [2.75, 3.05) is 25.5 Å². The smallest absolute Gasteiger partial charge is 0.394 e. The maximum atomic E-state index is 14.8. The first kappa shape index (κ1) is 32.1. The number of nitrogens with zero attached hydrogens (tertiary/aromatic N) is 4. The van der Waals surface area contributed by atoms with Gasteiger partial charge in [0.2, 0.25) is 0 Å². The van der Waals surface area contributed by atoms with E-state index in [1.165, 1.54) is 24.2 Å². The molecule has 0 spiro atoms. The van der Waals surface area contributed by atoms with E-state index in [0.717, 1.165) is 12.1 Å².